The molecule has 1 aromatic carbocycles. The molecule has 6 nitrogen and oxygen atoms in total. The smallest absolute Gasteiger partial charge is 0.357 e. The molecule has 1 aromatic heterocycles. The molecule has 0 aliphatic carbocycles. The van der Waals surface area contributed by atoms with Crippen LogP contribution >= 0.6 is 0 Å². The van der Waals surface area contributed by atoms with E-state index in [1.54, 1.807) is 24.3 Å². The lowest BCUT2D eigenvalue weighted by molar-refractivity contribution is -0.411. The third kappa shape index (κ3) is 3.03. The fraction of sp³-hybridized carbons (Fsp3) is 0.214. The predicted octanol–water partition coefficient (Wildman–Crippen LogP) is 2.05. The minimum atomic E-state index is -0.393. The maximum absolute atomic E-state index is 11.0. The van der Waals surface area contributed by atoms with E-state index in [-0.39, 0.29) is 5.69 Å². The van der Waals surface area contributed by atoms with Crippen LogP contribution in [0, 0.1) is 10.1 Å². The highest BCUT2D eigenvalue weighted by molar-refractivity contribution is 5.52. The van der Waals surface area contributed by atoms with E-state index in [1.165, 1.54) is 6.07 Å². The van der Waals surface area contributed by atoms with Gasteiger partial charge in [-0.3, -0.25) is 15.0 Å². The largest absolute Gasteiger partial charge is 0.497 e. The van der Waals surface area contributed by atoms with Gasteiger partial charge in [0.1, 0.15) is 12.3 Å². The van der Waals surface area contributed by atoms with Crippen LogP contribution in [0.3, 0.4) is 0 Å². The molecule has 0 unspecified atom stereocenters. The number of hydrogen-bond acceptors (Lipinski definition) is 4. The second-order valence-corrected chi connectivity index (χ2v) is 4.37. The summed E-state index contributed by atoms with van der Waals surface area (Å²) in [4.78, 5) is 15.3. The maximum Gasteiger partial charge on any atom is 0.357 e. The van der Waals surface area contributed by atoms with Gasteiger partial charge in [0.2, 0.25) is 0 Å². The second-order valence-electron chi connectivity index (χ2n) is 4.37. The number of anilines is 1. The van der Waals surface area contributed by atoms with E-state index in [4.69, 9.17) is 4.74 Å². The van der Waals surface area contributed by atoms with Crippen LogP contribution in [0.1, 0.15) is 5.56 Å². The molecule has 0 aliphatic heterocycles. The number of hydrogen-bond donors (Lipinski definition) is 0. The Kier molecular flexibility index (Phi) is 4.14. The van der Waals surface area contributed by atoms with Gasteiger partial charge in [-0.05, 0) is 23.8 Å². The molecule has 0 saturated heterocycles. The lowest BCUT2D eigenvalue weighted by Gasteiger charge is -2.11. The van der Waals surface area contributed by atoms with Gasteiger partial charge in [-0.2, -0.15) is 0 Å². The zero-order valence-corrected chi connectivity index (χ0v) is 11.4. The van der Waals surface area contributed by atoms with Gasteiger partial charge < -0.3 is 4.74 Å². The van der Waals surface area contributed by atoms with Gasteiger partial charge in [-0.1, -0.05) is 12.1 Å². The highest BCUT2D eigenvalue weighted by atomic mass is 16.6. The number of nitrogens with zero attached hydrogens (tertiary/aromatic N) is 2. The summed E-state index contributed by atoms with van der Waals surface area (Å²) >= 11 is 0. The lowest BCUT2D eigenvalue weighted by atomic mass is 10.2. The minimum absolute atomic E-state index is 0.0588. The summed E-state index contributed by atoms with van der Waals surface area (Å²) in [7, 11) is 3.42. The molecular weight excluding hydrogens is 258 g/mol. The summed E-state index contributed by atoms with van der Waals surface area (Å²) in [5.74, 6) is 1.27. The van der Waals surface area contributed by atoms with Gasteiger partial charge in [0.05, 0.1) is 25.3 Å². The number of rotatable bonds is 5. The molecule has 0 aliphatic rings. The number of aromatic nitrogens is 1. The number of pyridine rings is 1. The van der Waals surface area contributed by atoms with Crippen molar-refractivity contribution in [3.05, 3.63) is 58.3 Å². The van der Waals surface area contributed by atoms with E-state index in [9.17, 15) is 10.1 Å². The van der Waals surface area contributed by atoms with Gasteiger partial charge in [0.15, 0.2) is 0 Å². The van der Waals surface area contributed by atoms with Gasteiger partial charge in [0.25, 0.3) is 0 Å². The Balaban J connectivity index is 2.19. The number of aromatic amines is 1. The zero-order chi connectivity index (χ0) is 14.5. The molecule has 20 heavy (non-hydrogen) atoms. The van der Waals surface area contributed by atoms with Gasteiger partial charge in [0, 0.05) is 6.07 Å². The molecule has 2 aromatic rings. The standard InChI is InChI=1S/C14H15N3O3/c1-16(10-11-5-7-12(20-2)8-6-11)14-13(17(18)19)4-3-9-15-14/h3-9H,10H2,1-2H3/p+1. The molecule has 104 valence electrons. The van der Waals surface area contributed by atoms with E-state index >= 15 is 0 Å². The van der Waals surface area contributed by atoms with Crippen molar-refractivity contribution in [1.82, 2.24) is 0 Å². The summed E-state index contributed by atoms with van der Waals surface area (Å²) in [5.41, 5.74) is 1.10. The summed E-state index contributed by atoms with van der Waals surface area (Å²) in [6, 6.07) is 10.7. The van der Waals surface area contributed by atoms with Crippen molar-refractivity contribution < 1.29 is 14.6 Å². The molecule has 0 radical (unpaired) electrons. The van der Waals surface area contributed by atoms with Crippen molar-refractivity contribution in [1.29, 1.82) is 0 Å². The molecule has 6 heteroatoms. The Hall–Kier alpha value is -2.63. The SMILES string of the molecule is COc1ccc(CN(C)c2[nH+]cccc2[N+](=O)[O-])cc1. The van der Waals surface area contributed by atoms with E-state index in [1.807, 2.05) is 31.3 Å². The van der Waals surface area contributed by atoms with Crippen molar-refractivity contribution in [2.45, 2.75) is 6.54 Å². The first-order valence-corrected chi connectivity index (χ1v) is 6.11. The maximum atomic E-state index is 11.0. The average molecular weight is 274 g/mol. The van der Waals surface area contributed by atoms with E-state index in [0.29, 0.717) is 12.4 Å². The first-order chi connectivity index (χ1) is 9.61. The summed E-state index contributed by atoms with van der Waals surface area (Å²) in [6.45, 7) is 0.561. The highest BCUT2D eigenvalue weighted by Gasteiger charge is 2.24. The molecule has 0 bridgehead atoms. The normalized spacial score (nSPS) is 10.1. The molecule has 0 saturated carbocycles. The minimum Gasteiger partial charge on any atom is -0.497 e. The number of H-pyrrole nitrogens is 1. The van der Waals surface area contributed by atoms with Crippen LogP contribution in [0.25, 0.3) is 0 Å². The number of ether oxygens (including phenoxy) is 1. The zero-order valence-electron chi connectivity index (χ0n) is 11.4. The predicted molar refractivity (Wildman–Crippen MR) is 74.8 cm³/mol. The van der Waals surface area contributed by atoms with Gasteiger partial charge in [-0.25, -0.2) is 4.98 Å². The Morgan fingerprint density at radius 1 is 1.30 bits per heavy atom. The third-order valence-electron chi connectivity index (χ3n) is 2.97. The Morgan fingerprint density at radius 3 is 2.60 bits per heavy atom. The van der Waals surface area contributed by atoms with Crippen LogP contribution in [-0.2, 0) is 6.54 Å². The monoisotopic (exact) mass is 274 g/mol. The summed E-state index contributed by atoms with van der Waals surface area (Å²) in [5, 5.41) is 11.0. The first kappa shape index (κ1) is 13.8. The van der Waals surface area contributed by atoms with Crippen molar-refractivity contribution in [3.8, 4) is 5.75 Å². The van der Waals surface area contributed by atoms with E-state index in [2.05, 4.69) is 4.98 Å². The Morgan fingerprint density at radius 2 is 2.00 bits per heavy atom. The lowest BCUT2D eigenvalue weighted by Crippen LogP contribution is -2.25. The number of benzene rings is 1. The number of nitrogens with one attached hydrogen (secondary N) is 1. The fourth-order valence-electron chi connectivity index (χ4n) is 1.96. The molecular formula is C14H16N3O3+. The number of methoxy groups -OCH3 is 1. The van der Waals surface area contributed by atoms with Crippen molar-refractivity contribution in [2.24, 2.45) is 0 Å². The van der Waals surface area contributed by atoms with Gasteiger partial charge in [-0.15, -0.1) is 0 Å². The van der Waals surface area contributed by atoms with Crippen LogP contribution in [0.5, 0.6) is 5.75 Å². The third-order valence-corrected chi connectivity index (χ3v) is 2.97. The van der Waals surface area contributed by atoms with Crippen LogP contribution in [0.15, 0.2) is 42.6 Å². The van der Waals surface area contributed by atoms with Crippen LogP contribution in [0.2, 0.25) is 0 Å². The van der Waals surface area contributed by atoms with E-state index < -0.39 is 4.92 Å². The van der Waals surface area contributed by atoms with Crippen LogP contribution < -0.4 is 14.6 Å². The van der Waals surface area contributed by atoms with Crippen LogP contribution in [0.4, 0.5) is 11.5 Å². The quantitative estimate of drug-likeness (QED) is 0.618. The molecule has 0 atom stereocenters. The van der Waals surface area contributed by atoms with Crippen molar-refractivity contribution in [2.75, 3.05) is 19.1 Å². The summed E-state index contributed by atoms with van der Waals surface area (Å²) in [6.07, 6.45) is 1.67. The average Bonchev–Trinajstić information content (AvgIpc) is 2.48. The molecule has 0 fully saturated rings. The molecule has 0 amide bonds. The second kappa shape index (κ2) is 6.01. The van der Waals surface area contributed by atoms with Gasteiger partial charge >= 0.3 is 11.5 Å². The van der Waals surface area contributed by atoms with Crippen LogP contribution in [-0.4, -0.2) is 19.1 Å². The summed E-state index contributed by atoms with van der Waals surface area (Å²) < 4.78 is 5.10. The molecule has 0 spiro atoms. The first-order valence-electron chi connectivity index (χ1n) is 6.11. The molecule has 1 N–H and O–H groups in total. The van der Waals surface area contributed by atoms with Crippen molar-refractivity contribution >= 4 is 11.5 Å². The fourth-order valence-corrected chi connectivity index (χ4v) is 1.96. The topological polar surface area (TPSA) is 69.8 Å². The molecule has 1 heterocycles. The highest BCUT2D eigenvalue weighted by Crippen LogP contribution is 2.22. The Bertz CT molecular complexity index is 599. The Labute approximate surface area is 116 Å². The van der Waals surface area contributed by atoms with Crippen molar-refractivity contribution in [3.63, 3.8) is 0 Å². The van der Waals surface area contributed by atoms with E-state index in [0.717, 1.165) is 11.3 Å². The number of nitro groups is 1. The molecule has 2 rings (SSSR count).